The molecule has 0 aliphatic rings. The maximum Gasteiger partial charge on any atom is 0.137 e. The van der Waals surface area contributed by atoms with Gasteiger partial charge < -0.3 is 4.79 Å². The van der Waals surface area contributed by atoms with Crippen molar-refractivity contribution in [2.24, 2.45) is 27.7 Å². The van der Waals surface area contributed by atoms with E-state index < -0.39 is 0 Å². The number of aldehydes is 1. The van der Waals surface area contributed by atoms with Crippen LogP contribution in [0.25, 0.3) is 0 Å². The monoisotopic (exact) mass is 477 g/mol. The molecule has 3 unspecified atom stereocenters. The summed E-state index contributed by atoms with van der Waals surface area (Å²) in [5, 5.41) is 3.13. The summed E-state index contributed by atoms with van der Waals surface area (Å²) in [7, 11) is 0. The smallest absolute Gasteiger partial charge is 0.137 e. The van der Waals surface area contributed by atoms with Gasteiger partial charge in [-0.2, -0.15) is 11.8 Å². The number of rotatable bonds is 22. The fraction of sp³-hybridized carbons (Fsp3) is 0.750. The molecule has 0 saturated carbocycles. The number of aliphatic imine (C=N–C) groups is 2. The Balaban J connectivity index is 3.82. The zero-order valence-electron chi connectivity index (χ0n) is 22.1. The molecule has 0 aromatic carbocycles. The van der Waals surface area contributed by atoms with E-state index >= 15 is 0 Å². The summed E-state index contributed by atoms with van der Waals surface area (Å²) in [4.78, 5) is 19.0. The van der Waals surface area contributed by atoms with Gasteiger partial charge in [-0.15, -0.1) is 0 Å². The standard InChI is InChI=1S/C28H51N3OS/c1-24(2)11-7-12-25(3)13-8-14-26(4)15-9-16-27(5)17-20-33-22-28(21-32)31-23-30-19-10-18-29-6/h10,17-19,21,24-26,28,31H,6-9,11-16,20,22-23H2,1-5H3/b18-10-,27-17+,30-19-. The third-order valence-electron chi connectivity index (χ3n) is 5.98. The van der Waals surface area contributed by atoms with Gasteiger partial charge in [0.25, 0.3) is 0 Å². The molecule has 0 heterocycles. The summed E-state index contributed by atoms with van der Waals surface area (Å²) in [6.45, 7) is 15.5. The van der Waals surface area contributed by atoms with Gasteiger partial charge >= 0.3 is 0 Å². The molecule has 0 aromatic rings. The molecule has 0 aromatic heterocycles. The van der Waals surface area contributed by atoms with Gasteiger partial charge in [-0.3, -0.25) is 15.3 Å². The summed E-state index contributed by atoms with van der Waals surface area (Å²) in [5.41, 5.74) is 1.47. The second kappa shape index (κ2) is 22.6. The number of thioether (sulfide) groups is 1. The van der Waals surface area contributed by atoms with Crippen molar-refractivity contribution >= 4 is 31.0 Å². The maximum absolute atomic E-state index is 11.2. The molecule has 0 aliphatic heterocycles. The van der Waals surface area contributed by atoms with Gasteiger partial charge in [0.2, 0.25) is 0 Å². The molecule has 0 amide bonds. The summed E-state index contributed by atoms with van der Waals surface area (Å²) < 4.78 is 0. The molecule has 0 bridgehead atoms. The van der Waals surface area contributed by atoms with Gasteiger partial charge in [0.05, 0.1) is 12.7 Å². The van der Waals surface area contributed by atoms with Crippen LogP contribution in [0.15, 0.2) is 33.9 Å². The van der Waals surface area contributed by atoms with Crippen LogP contribution < -0.4 is 5.32 Å². The van der Waals surface area contributed by atoms with Crippen molar-refractivity contribution in [3.8, 4) is 0 Å². The van der Waals surface area contributed by atoms with Gasteiger partial charge in [-0.05, 0) is 50.3 Å². The molecule has 33 heavy (non-hydrogen) atoms. The first-order valence-corrected chi connectivity index (χ1v) is 14.1. The van der Waals surface area contributed by atoms with Crippen LogP contribution in [0.2, 0.25) is 0 Å². The Labute approximate surface area is 209 Å². The SMILES string of the molecule is C=N/C=C\C=N/CNC(C=O)CSC/C=C(\C)CCCC(C)CCCC(C)CCCC(C)C. The van der Waals surface area contributed by atoms with E-state index in [9.17, 15) is 4.79 Å². The van der Waals surface area contributed by atoms with Crippen molar-refractivity contribution in [1.82, 2.24) is 5.32 Å². The molecule has 0 spiro atoms. The van der Waals surface area contributed by atoms with Crippen molar-refractivity contribution in [3.63, 3.8) is 0 Å². The van der Waals surface area contributed by atoms with Crippen LogP contribution in [-0.2, 0) is 4.79 Å². The van der Waals surface area contributed by atoms with Crippen molar-refractivity contribution in [2.75, 3.05) is 18.2 Å². The predicted molar refractivity (Wildman–Crippen MR) is 151 cm³/mol. The number of carbonyl (C=O) groups excluding carboxylic acids is 1. The third-order valence-corrected chi connectivity index (χ3v) is 6.98. The lowest BCUT2D eigenvalue weighted by Crippen LogP contribution is -2.33. The molecule has 4 nitrogen and oxygen atoms in total. The van der Waals surface area contributed by atoms with Crippen molar-refractivity contribution in [1.29, 1.82) is 0 Å². The molecule has 0 rings (SSSR count). The van der Waals surface area contributed by atoms with Crippen LogP contribution in [0.5, 0.6) is 0 Å². The van der Waals surface area contributed by atoms with E-state index in [-0.39, 0.29) is 6.04 Å². The minimum Gasteiger partial charge on any atom is -0.302 e. The number of allylic oxidation sites excluding steroid dienone is 2. The molecule has 1 N–H and O–H groups in total. The Morgan fingerprint density at radius 3 is 2.24 bits per heavy atom. The first-order valence-electron chi connectivity index (χ1n) is 12.9. The normalized spacial score (nSPS) is 15.4. The van der Waals surface area contributed by atoms with Crippen molar-refractivity contribution in [2.45, 2.75) is 98.4 Å². The van der Waals surface area contributed by atoms with Crippen LogP contribution in [-0.4, -0.2) is 43.4 Å². The van der Waals surface area contributed by atoms with Gasteiger partial charge in [-0.1, -0.05) is 84.3 Å². The van der Waals surface area contributed by atoms with E-state index in [1.165, 1.54) is 63.4 Å². The van der Waals surface area contributed by atoms with Gasteiger partial charge in [-0.25, -0.2) is 0 Å². The number of hydrogen-bond donors (Lipinski definition) is 1. The quantitative estimate of drug-likeness (QED) is 0.0760. The van der Waals surface area contributed by atoms with Gasteiger partial charge in [0.15, 0.2) is 0 Å². The summed E-state index contributed by atoms with van der Waals surface area (Å²) >= 11 is 1.79. The zero-order chi connectivity index (χ0) is 24.7. The second-order valence-electron chi connectivity index (χ2n) is 9.91. The fourth-order valence-electron chi connectivity index (χ4n) is 3.73. The Morgan fingerprint density at radius 2 is 1.64 bits per heavy atom. The third kappa shape index (κ3) is 22.4. The minimum atomic E-state index is -0.166. The Bertz CT molecular complexity index is 571. The Kier molecular flexibility index (Phi) is 21.8. The van der Waals surface area contributed by atoms with Crippen molar-refractivity contribution < 1.29 is 4.79 Å². The second-order valence-corrected chi connectivity index (χ2v) is 11.0. The first kappa shape index (κ1) is 31.8. The summed E-state index contributed by atoms with van der Waals surface area (Å²) in [6.07, 6.45) is 20.3. The van der Waals surface area contributed by atoms with Crippen LogP contribution in [0.3, 0.4) is 0 Å². The van der Waals surface area contributed by atoms with Crippen LogP contribution in [0, 0.1) is 17.8 Å². The van der Waals surface area contributed by atoms with E-state index in [1.54, 1.807) is 30.3 Å². The van der Waals surface area contributed by atoms with E-state index in [4.69, 9.17) is 0 Å². The summed E-state index contributed by atoms with van der Waals surface area (Å²) in [6, 6.07) is -0.166. The van der Waals surface area contributed by atoms with Crippen LogP contribution >= 0.6 is 11.8 Å². The van der Waals surface area contributed by atoms with E-state index in [0.29, 0.717) is 6.67 Å². The number of nitrogens with one attached hydrogen (secondary N) is 1. The summed E-state index contributed by atoms with van der Waals surface area (Å²) in [5.74, 6) is 4.29. The average molecular weight is 478 g/mol. The molecule has 5 heteroatoms. The van der Waals surface area contributed by atoms with Crippen LogP contribution in [0.4, 0.5) is 0 Å². The first-order chi connectivity index (χ1) is 15.9. The molecule has 0 radical (unpaired) electrons. The highest BCUT2D eigenvalue weighted by atomic mass is 32.2. The van der Waals surface area contributed by atoms with E-state index in [0.717, 1.165) is 35.5 Å². The Hall–Kier alpha value is -1.20. The lowest BCUT2D eigenvalue weighted by Gasteiger charge is -2.15. The minimum absolute atomic E-state index is 0.166. The topological polar surface area (TPSA) is 53.8 Å². The lowest BCUT2D eigenvalue weighted by atomic mass is 9.91. The predicted octanol–water partition coefficient (Wildman–Crippen LogP) is 7.50. The molecule has 0 aliphatic carbocycles. The van der Waals surface area contributed by atoms with Crippen molar-refractivity contribution in [3.05, 3.63) is 23.9 Å². The number of hydrogen-bond acceptors (Lipinski definition) is 5. The molecule has 3 atom stereocenters. The molecular formula is C28H51N3OS. The number of carbonyl (C=O) groups is 1. The number of nitrogens with zero attached hydrogens (tertiary/aromatic N) is 2. The van der Waals surface area contributed by atoms with Crippen LogP contribution in [0.1, 0.15) is 92.4 Å². The molecule has 190 valence electrons. The van der Waals surface area contributed by atoms with E-state index in [2.05, 4.69) is 62.7 Å². The largest absolute Gasteiger partial charge is 0.302 e. The molecular weight excluding hydrogens is 426 g/mol. The highest BCUT2D eigenvalue weighted by Crippen LogP contribution is 2.22. The van der Waals surface area contributed by atoms with Gasteiger partial charge in [0.1, 0.15) is 6.29 Å². The lowest BCUT2D eigenvalue weighted by molar-refractivity contribution is -0.109. The zero-order valence-corrected chi connectivity index (χ0v) is 22.9. The van der Waals surface area contributed by atoms with Gasteiger partial charge in [0, 0.05) is 23.9 Å². The average Bonchev–Trinajstić information content (AvgIpc) is 2.77. The highest BCUT2D eigenvalue weighted by Gasteiger charge is 2.07. The van der Waals surface area contributed by atoms with E-state index in [1.807, 2.05) is 0 Å². The highest BCUT2D eigenvalue weighted by molar-refractivity contribution is 7.99. The molecule has 0 saturated heterocycles. The fourth-order valence-corrected chi connectivity index (χ4v) is 4.72. The maximum atomic E-state index is 11.2. The Morgan fingerprint density at radius 1 is 1.00 bits per heavy atom. The molecule has 0 fully saturated rings.